The minimum atomic E-state index is -0.676. The Kier molecular flexibility index (Phi) is 10.0. The van der Waals surface area contributed by atoms with E-state index in [4.69, 9.17) is 14.2 Å². The van der Waals surface area contributed by atoms with Gasteiger partial charge in [-0.05, 0) is 61.7 Å². The molecule has 1 aromatic rings. The van der Waals surface area contributed by atoms with Crippen molar-refractivity contribution in [1.29, 1.82) is 0 Å². The molecule has 188 valence electrons. The van der Waals surface area contributed by atoms with Crippen molar-refractivity contribution in [3.05, 3.63) is 53.3 Å². The fourth-order valence-corrected chi connectivity index (χ4v) is 4.41. The summed E-state index contributed by atoms with van der Waals surface area (Å²) >= 11 is 3.39. The summed E-state index contributed by atoms with van der Waals surface area (Å²) in [7, 11) is 0. The van der Waals surface area contributed by atoms with Gasteiger partial charge in [0.1, 0.15) is 10.2 Å². The molecule has 1 aromatic heterocycles. The maximum Gasteiger partial charge on any atom is 0.411 e. The normalized spacial score (nSPS) is 22.5. The first-order valence-electron chi connectivity index (χ1n) is 11.5. The van der Waals surface area contributed by atoms with Crippen molar-refractivity contribution in [3.63, 3.8) is 0 Å². The van der Waals surface area contributed by atoms with Crippen LogP contribution in [0.4, 0.5) is 4.79 Å². The van der Waals surface area contributed by atoms with Gasteiger partial charge in [-0.1, -0.05) is 25.1 Å². The van der Waals surface area contributed by atoms with E-state index in [-0.39, 0.29) is 18.2 Å². The molecule has 0 N–H and O–H groups in total. The summed E-state index contributed by atoms with van der Waals surface area (Å²) < 4.78 is 17.6. The van der Waals surface area contributed by atoms with E-state index in [1.165, 1.54) is 0 Å². The van der Waals surface area contributed by atoms with Crippen LogP contribution < -0.4 is 0 Å². The van der Waals surface area contributed by atoms with Crippen molar-refractivity contribution in [1.82, 2.24) is 9.88 Å². The fraction of sp³-hybridized carbons (Fsp3) is 0.577. The smallest absolute Gasteiger partial charge is 0.411 e. The van der Waals surface area contributed by atoms with Gasteiger partial charge in [0.25, 0.3) is 0 Å². The zero-order valence-electron chi connectivity index (χ0n) is 20.9. The molecule has 3 atom stereocenters. The second-order valence-corrected chi connectivity index (χ2v) is 10.7. The molecule has 0 unspecified atom stereocenters. The van der Waals surface area contributed by atoms with Gasteiger partial charge in [0.15, 0.2) is 5.78 Å². The Morgan fingerprint density at radius 2 is 1.88 bits per heavy atom. The second-order valence-electron chi connectivity index (χ2n) is 9.93. The summed E-state index contributed by atoms with van der Waals surface area (Å²) in [6.07, 6.45) is 3.41. The molecule has 0 aromatic carbocycles. The van der Waals surface area contributed by atoms with Crippen molar-refractivity contribution in [3.8, 4) is 0 Å². The molecule has 2 rings (SSSR count). The Morgan fingerprint density at radius 3 is 2.50 bits per heavy atom. The van der Waals surface area contributed by atoms with Gasteiger partial charge in [0.05, 0.1) is 44.6 Å². The van der Waals surface area contributed by atoms with Gasteiger partial charge in [-0.15, -0.1) is 13.2 Å². The van der Waals surface area contributed by atoms with E-state index >= 15 is 0 Å². The number of hydrogen-bond acceptors (Lipinski definition) is 6. The van der Waals surface area contributed by atoms with Crippen LogP contribution in [-0.4, -0.2) is 59.3 Å². The Hall–Kier alpha value is -2.03. The van der Waals surface area contributed by atoms with Crippen molar-refractivity contribution in [2.24, 2.45) is 5.41 Å². The number of Topliss-reactive ketones (excluding diaryl/α,β-unsaturated/α-hetero) is 1. The van der Waals surface area contributed by atoms with Crippen LogP contribution in [0.15, 0.2) is 42.0 Å². The number of carbonyl (C=O) groups excluding carboxylic acids is 2. The average molecular weight is 537 g/mol. The third-order valence-electron chi connectivity index (χ3n) is 5.93. The van der Waals surface area contributed by atoms with Crippen molar-refractivity contribution in [2.75, 3.05) is 19.8 Å². The summed E-state index contributed by atoms with van der Waals surface area (Å²) in [6.45, 7) is 18.3. The molecule has 0 aliphatic carbocycles. The molecule has 1 aliphatic rings. The molecular weight excluding hydrogens is 500 g/mol. The van der Waals surface area contributed by atoms with E-state index in [9.17, 15) is 9.59 Å². The van der Waals surface area contributed by atoms with Crippen molar-refractivity contribution >= 4 is 27.8 Å². The lowest BCUT2D eigenvalue weighted by molar-refractivity contribution is -0.123. The summed E-state index contributed by atoms with van der Waals surface area (Å²) in [5.41, 5.74) is 0.354. The number of amides is 1. The Bertz CT molecular complexity index is 898. The Balaban J connectivity index is 2.32. The highest BCUT2D eigenvalue weighted by Crippen LogP contribution is 2.42. The largest absolute Gasteiger partial charge is 0.444 e. The summed E-state index contributed by atoms with van der Waals surface area (Å²) in [6, 6.07) is 2.80. The van der Waals surface area contributed by atoms with Crippen LogP contribution in [0, 0.1) is 5.41 Å². The molecule has 7 nitrogen and oxygen atoms in total. The van der Waals surface area contributed by atoms with E-state index in [0.29, 0.717) is 43.1 Å². The number of likely N-dealkylation sites (tertiary alicyclic amines) is 1. The van der Waals surface area contributed by atoms with Gasteiger partial charge in [0.2, 0.25) is 0 Å². The predicted octanol–water partition coefficient (Wildman–Crippen LogP) is 5.27. The van der Waals surface area contributed by atoms with E-state index in [0.717, 1.165) is 5.56 Å². The third-order valence-corrected chi connectivity index (χ3v) is 6.38. The Labute approximate surface area is 211 Å². The number of aromatic nitrogens is 1. The standard InChI is InChI=1S/C26H37BrN2O5/c1-8-12-32-16-19-10-11-23(27)28-20(19)14-22(30)21-15-26(7,17-33-13-9-2)18(3)29(21)24(31)34-25(4,5)6/h8-11,18,21H,1-2,12-17H2,3-7H3/t18-,21+,26-/m1/s1. The highest BCUT2D eigenvalue weighted by Gasteiger charge is 2.52. The molecule has 1 fully saturated rings. The SMILES string of the molecule is C=CCOCc1ccc(Br)nc1CC(=O)[C@@H]1C[C@](C)(COCC=C)[C@@H](C)N1C(=O)OC(C)(C)C. The molecule has 0 bridgehead atoms. The quantitative estimate of drug-likeness (QED) is 0.218. The number of nitrogens with zero attached hydrogens (tertiary/aromatic N) is 2. The molecule has 0 spiro atoms. The van der Waals surface area contributed by atoms with Gasteiger partial charge in [0, 0.05) is 11.5 Å². The van der Waals surface area contributed by atoms with Gasteiger partial charge in [-0.2, -0.15) is 0 Å². The molecule has 0 saturated carbocycles. The number of rotatable bonds is 11. The van der Waals surface area contributed by atoms with E-state index < -0.39 is 23.2 Å². The number of halogens is 1. The summed E-state index contributed by atoms with van der Waals surface area (Å²) in [5, 5.41) is 0. The molecule has 2 heterocycles. The topological polar surface area (TPSA) is 78.0 Å². The van der Waals surface area contributed by atoms with E-state index in [1.807, 2.05) is 46.8 Å². The van der Waals surface area contributed by atoms with Gasteiger partial charge < -0.3 is 14.2 Å². The molecule has 1 aliphatic heterocycles. The predicted molar refractivity (Wildman–Crippen MR) is 136 cm³/mol. The van der Waals surface area contributed by atoms with Crippen LogP contribution in [-0.2, 0) is 32.0 Å². The minimum Gasteiger partial charge on any atom is -0.444 e. The average Bonchev–Trinajstić information content (AvgIpc) is 3.00. The summed E-state index contributed by atoms with van der Waals surface area (Å²) in [4.78, 5) is 32.9. The number of carbonyl (C=O) groups is 2. The lowest BCUT2D eigenvalue weighted by Crippen LogP contribution is -2.48. The van der Waals surface area contributed by atoms with Gasteiger partial charge >= 0.3 is 6.09 Å². The van der Waals surface area contributed by atoms with Crippen LogP contribution >= 0.6 is 15.9 Å². The lowest BCUT2D eigenvalue weighted by atomic mass is 9.82. The molecule has 1 saturated heterocycles. The van der Waals surface area contributed by atoms with E-state index in [1.54, 1.807) is 17.1 Å². The lowest BCUT2D eigenvalue weighted by Gasteiger charge is -2.34. The van der Waals surface area contributed by atoms with Crippen LogP contribution in [0.25, 0.3) is 0 Å². The van der Waals surface area contributed by atoms with Gasteiger partial charge in [-0.25, -0.2) is 9.78 Å². The van der Waals surface area contributed by atoms with E-state index in [2.05, 4.69) is 34.1 Å². The molecule has 0 radical (unpaired) electrons. The maximum absolute atomic E-state index is 13.6. The maximum atomic E-state index is 13.6. The van der Waals surface area contributed by atoms with Crippen molar-refractivity contribution in [2.45, 2.75) is 71.8 Å². The van der Waals surface area contributed by atoms with Crippen LogP contribution in [0.2, 0.25) is 0 Å². The zero-order chi connectivity index (χ0) is 25.5. The highest BCUT2D eigenvalue weighted by molar-refractivity contribution is 9.10. The number of ketones is 1. The van der Waals surface area contributed by atoms with Gasteiger partial charge in [-0.3, -0.25) is 9.69 Å². The zero-order valence-corrected chi connectivity index (χ0v) is 22.5. The number of hydrogen-bond donors (Lipinski definition) is 0. The molecule has 1 amide bonds. The minimum absolute atomic E-state index is 0.0759. The first-order valence-corrected chi connectivity index (χ1v) is 12.3. The monoisotopic (exact) mass is 536 g/mol. The number of ether oxygens (including phenoxy) is 3. The molecule has 34 heavy (non-hydrogen) atoms. The van der Waals surface area contributed by atoms with Crippen LogP contribution in [0.1, 0.15) is 52.3 Å². The Morgan fingerprint density at radius 1 is 1.24 bits per heavy atom. The number of pyridine rings is 1. The first-order chi connectivity index (χ1) is 15.9. The summed E-state index contributed by atoms with van der Waals surface area (Å²) in [5.74, 6) is -0.0966. The molecular formula is C26H37BrN2O5. The van der Waals surface area contributed by atoms with Crippen LogP contribution in [0.3, 0.4) is 0 Å². The second kappa shape index (κ2) is 12.1. The fourth-order valence-electron chi connectivity index (χ4n) is 4.06. The first kappa shape index (κ1) is 28.2. The highest BCUT2D eigenvalue weighted by atomic mass is 79.9. The third kappa shape index (κ3) is 7.48. The van der Waals surface area contributed by atoms with Crippen molar-refractivity contribution < 1.29 is 23.8 Å². The molecule has 8 heteroatoms. The van der Waals surface area contributed by atoms with Crippen LogP contribution in [0.5, 0.6) is 0 Å².